The van der Waals surface area contributed by atoms with Gasteiger partial charge in [-0.1, -0.05) is 79.2 Å². The highest BCUT2D eigenvalue weighted by molar-refractivity contribution is 5.76. The lowest BCUT2D eigenvalue weighted by Gasteiger charge is -2.37. The highest BCUT2D eigenvalue weighted by Gasteiger charge is 2.32. The molecule has 3 aromatic rings. The van der Waals surface area contributed by atoms with Crippen molar-refractivity contribution in [3.05, 3.63) is 108 Å². The number of carbonyl (C=O) groups excluding carboxylic acids is 1. The minimum absolute atomic E-state index is 0.00792. The van der Waals surface area contributed by atoms with Crippen LogP contribution < -0.4 is 5.32 Å². The fraction of sp³-hybridized carbons (Fsp3) is 0.389. The fourth-order valence-corrected chi connectivity index (χ4v) is 5.40. The number of carboxylic acid groups (broad SMARTS) is 1. The number of carbonyl (C=O) groups is 2. The van der Waals surface area contributed by atoms with Crippen molar-refractivity contribution in [1.82, 2.24) is 10.2 Å². The molecular weight excluding hydrogens is 556 g/mol. The zero-order chi connectivity index (χ0) is 31.3. The number of amides is 1. The molecule has 1 amide bonds. The Hall–Kier alpha value is -3.82. The maximum Gasteiger partial charge on any atom is 0.303 e. The Morgan fingerprint density at radius 1 is 0.932 bits per heavy atom. The van der Waals surface area contributed by atoms with Crippen molar-refractivity contribution in [3.8, 4) is 11.1 Å². The zero-order valence-electron chi connectivity index (χ0n) is 25.5. The lowest BCUT2D eigenvalue weighted by atomic mass is 9.99. The minimum atomic E-state index is -0.800. The molecule has 1 saturated heterocycles. The minimum Gasteiger partial charge on any atom is -0.481 e. The fourth-order valence-electron chi connectivity index (χ4n) is 5.40. The first-order chi connectivity index (χ1) is 21.3. The summed E-state index contributed by atoms with van der Waals surface area (Å²) in [4.78, 5) is 25.0. The first kappa shape index (κ1) is 33.1. The van der Waals surface area contributed by atoms with Gasteiger partial charge >= 0.3 is 5.97 Å². The van der Waals surface area contributed by atoms with E-state index in [-0.39, 0.29) is 31.1 Å². The predicted octanol–water partition coefficient (Wildman–Crippen LogP) is 6.16. The number of rotatable bonds is 16. The number of ether oxygens (including phenoxy) is 2. The molecule has 3 aromatic carbocycles. The Bertz CT molecular complexity index is 1360. The number of aliphatic hydroxyl groups excluding tert-OH is 1. The molecule has 3 N–H and O–H groups in total. The van der Waals surface area contributed by atoms with Crippen molar-refractivity contribution < 1.29 is 29.3 Å². The number of benzene rings is 3. The van der Waals surface area contributed by atoms with E-state index in [9.17, 15) is 14.7 Å². The van der Waals surface area contributed by atoms with Crippen molar-refractivity contribution in [3.63, 3.8) is 0 Å². The van der Waals surface area contributed by atoms with Crippen LogP contribution in [0.25, 0.3) is 11.1 Å². The zero-order valence-corrected chi connectivity index (χ0v) is 25.5. The molecule has 44 heavy (non-hydrogen) atoms. The molecule has 1 heterocycles. The standard InChI is InChI=1S/C36H44N2O6/c1-3-20-38(2)24-32-22-33(29-14-12-26(25-39)13-15-29)44-36(43-32)30-18-16-28(17-19-30)31-9-7-8-27(21-31)23-37-34(40)10-5-4-6-11-35(41)42/h3,7-9,12-19,21,32-33,36,39H,1,4-6,10-11,20,22-25H2,2H3,(H,37,40)(H,41,42)/t32-,33+,36+/m1/s1. The number of carboxylic acids is 1. The van der Waals surface area contributed by atoms with Crippen LogP contribution in [0.15, 0.2) is 85.5 Å². The van der Waals surface area contributed by atoms with Gasteiger partial charge in [-0.3, -0.25) is 9.59 Å². The average Bonchev–Trinajstić information content (AvgIpc) is 3.03. The van der Waals surface area contributed by atoms with Crippen LogP contribution in [0.3, 0.4) is 0 Å². The highest BCUT2D eigenvalue weighted by atomic mass is 16.7. The van der Waals surface area contributed by atoms with E-state index >= 15 is 0 Å². The Labute approximate surface area is 260 Å². The van der Waals surface area contributed by atoms with Crippen LogP contribution in [-0.2, 0) is 32.2 Å². The van der Waals surface area contributed by atoms with E-state index in [1.54, 1.807) is 0 Å². The van der Waals surface area contributed by atoms with Crippen LogP contribution in [0.5, 0.6) is 0 Å². The summed E-state index contributed by atoms with van der Waals surface area (Å²) in [5.74, 6) is -0.828. The van der Waals surface area contributed by atoms with Gasteiger partial charge in [0.15, 0.2) is 6.29 Å². The Morgan fingerprint density at radius 3 is 2.36 bits per heavy atom. The maximum atomic E-state index is 12.2. The molecule has 0 saturated carbocycles. The summed E-state index contributed by atoms with van der Waals surface area (Å²) < 4.78 is 12.9. The van der Waals surface area contributed by atoms with Crippen molar-refractivity contribution in [2.24, 2.45) is 0 Å². The van der Waals surface area contributed by atoms with E-state index in [4.69, 9.17) is 14.6 Å². The van der Waals surface area contributed by atoms with Gasteiger partial charge in [0.25, 0.3) is 0 Å². The summed E-state index contributed by atoms with van der Waals surface area (Å²) in [5, 5.41) is 21.1. The largest absolute Gasteiger partial charge is 0.481 e. The van der Waals surface area contributed by atoms with Crippen LogP contribution in [0, 0.1) is 0 Å². The molecule has 0 bridgehead atoms. The van der Waals surface area contributed by atoms with E-state index in [0.717, 1.165) is 59.3 Å². The molecular formula is C36H44N2O6. The summed E-state index contributed by atoms with van der Waals surface area (Å²) in [6, 6.07) is 24.2. The number of likely N-dealkylation sites (N-methyl/N-ethyl adjacent to an activating group) is 1. The van der Waals surface area contributed by atoms with Crippen LogP contribution >= 0.6 is 0 Å². The predicted molar refractivity (Wildman–Crippen MR) is 171 cm³/mol. The Balaban J connectivity index is 1.39. The van der Waals surface area contributed by atoms with Gasteiger partial charge in [0.1, 0.15) is 0 Å². The van der Waals surface area contributed by atoms with Crippen LogP contribution in [-0.4, -0.2) is 53.2 Å². The molecule has 1 fully saturated rings. The summed E-state index contributed by atoms with van der Waals surface area (Å²) in [7, 11) is 2.06. The average molecular weight is 601 g/mol. The monoisotopic (exact) mass is 600 g/mol. The van der Waals surface area contributed by atoms with Crippen molar-refractivity contribution in [1.29, 1.82) is 0 Å². The lowest BCUT2D eigenvalue weighted by molar-refractivity contribution is -0.252. The van der Waals surface area contributed by atoms with Gasteiger partial charge in [-0.2, -0.15) is 0 Å². The molecule has 0 radical (unpaired) electrons. The third kappa shape index (κ3) is 10.1. The molecule has 4 rings (SSSR count). The van der Waals surface area contributed by atoms with Gasteiger partial charge in [0, 0.05) is 44.5 Å². The summed E-state index contributed by atoms with van der Waals surface area (Å²) in [5.41, 5.74) is 5.97. The second-order valence-electron chi connectivity index (χ2n) is 11.4. The van der Waals surface area contributed by atoms with E-state index in [0.29, 0.717) is 25.8 Å². The summed E-state index contributed by atoms with van der Waals surface area (Å²) in [6.45, 7) is 5.82. The SMILES string of the molecule is C=CCN(C)C[C@H]1C[C@@H](c2ccc(CO)cc2)O[C@@H](c2ccc(-c3cccc(CNC(=O)CCCCCC(=O)O)c3)cc2)O1. The van der Waals surface area contributed by atoms with Crippen LogP contribution in [0.2, 0.25) is 0 Å². The second-order valence-corrected chi connectivity index (χ2v) is 11.4. The third-order valence-corrected chi connectivity index (χ3v) is 7.80. The number of nitrogens with one attached hydrogen (secondary N) is 1. The van der Waals surface area contributed by atoms with Crippen molar-refractivity contribution in [2.75, 3.05) is 20.1 Å². The molecule has 0 unspecified atom stereocenters. The number of aliphatic carboxylic acids is 1. The maximum absolute atomic E-state index is 12.2. The van der Waals surface area contributed by atoms with Gasteiger partial charge in [-0.15, -0.1) is 6.58 Å². The first-order valence-corrected chi connectivity index (χ1v) is 15.3. The van der Waals surface area contributed by atoms with Crippen molar-refractivity contribution in [2.45, 2.75) is 70.2 Å². The van der Waals surface area contributed by atoms with E-state index in [1.807, 2.05) is 60.7 Å². The number of hydrogen-bond donors (Lipinski definition) is 3. The molecule has 0 spiro atoms. The van der Waals surface area contributed by atoms with Gasteiger partial charge in [-0.25, -0.2) is 0 Å². The molecule has 0 aliphatic carbocycles. The molecule has 0 aromatic heterocycles. The quantitative estimate of drug-likeness (QED) is 0.134. The van der Waals surface area contributed by atoms with E-state index in [2.05, 4.69) is 42.0 Å². The summed E-state index contributed by atoms with van der Waals surface area (Å²) in [6.07, 6.45) is 4.47. The lowest BCUT2D eigenvalue weighted by Crippen LogP contribution is -2.37. The molecule has 1 aliphatic heterocycles. The van der Waals surface area contributed by atoms with Gasteiger partial charge in [-0.05, 0) is 53.8 Å². The molecule has 234 valence electrons. The van der Waals surface area contributed by atoms with Gasteiger partial charge < -0.3 is 29.9 Å². The topological polar surface area (TPSA) is 108 Å². The molecule has 3 atom stereocenters. The Morgan fingerprint density at radius 2 is 1.66 bits per heavy atom. The highest BCUT2D eigenvalue weighted by Crippen LogP contribution is 2.38. The van der Waals surface area contributed by atoms with Crippen molar-refractivity contribution >= 4 is 11.9 Å². The number of hydrogen-bond acceptors (Lipinski definition) is 6. The van der Waals surface area contributed by atoms with E-state index < -0.39 is 12.3 Å². The van der Waals surface area contributed by atoms with E-state index in [1.165, 1.54) is 0 Å². The van der Waals surface area contributed by atoms with Crippen LogP contribution in [0.4, 0.5) is 0 Å². The molecule has 8 nitrogen and oxygen atoms in total. The second kappa shape index (κ2) is 16.9. The van der Waals surface area contributed by atoms with Gasteiger partial charge in [0.05, 0.1) is 18.8 Å². The number of aliphatic hydroxyl groups is 1. The molecule has 1 aliphatic rings. The number of unbranched alkanes of at least 4 members (excludes halogenated alkanes) is 2. The normalized spacial score (nSPS) is 18.2. The third-order valence-electron chi connectivity index (χ3n) is 7.80. The Kier molecular flexibility index (Phi) is 12.7. The summed E-state index contributed by atoms with van der Waals surface area (Å²) >= 11 is 0. The first-order valence-electron chi connectivity index (χ1n) is 15.3. The molecule has 8 heteroatoms. The van der Waals surface area contributed by atoms with Gasteiger partial charge in [0.2, 0.25) is 5.91 Å². The van der Waals surface area contributed by atoms with Crippen LogP contribution in [0.1, 0.15) is 73.2 Å². The number of nitrogens with zero attached hydrogens (tertiary/aromatic N) is 1. The smallest absolute Gasteiger partial charge is 0.303 e.